The zero-order chi connectivity index (χ0) is 13.7. The van der Waals surface area contributed by atoms with Crippen LogP contribution < -0.4 is 5.32 Å². The maximum Gasteiger partial charge on any atom is 0.224 e. The summed E-state index contributed by atoms with van der Waals surface area (Å²) in [6.07, 6.45) is 1.78. The fourth-order valence-electron chi connectivity index (χ4n) is 3.05. The fraction of sp³-hybridized carbons (Fsp3) is 0.929. The summed E-state index contributed by atoms with van der Waals surface area (Å²) < 4.78 is 4.96. The molecule has 6 heteroatoms. The third-order valence-corrected chi connectivity index (χ3v) is 4.31. The molecule has 1 N–H and O–H groups in total. The average Bonchev–Trinajstić information content (AvgIpc) is 2.83. The first kappa shape index (κ1) is 17.7. The van der Waals surface area contributed by atoms with Gasteiger partial charge in [0.25, 0.3) is 0 Å². The minimum Gasteiger partial charge on any atom is -0.384 e. The van der Waals surface area contributed by atoms with Gasteiger partial charge in [-0.3, -0.25) is 9.69 Å². The second kappa shape index (κ2) is 8.17. The summed E-state index contributed by atoms with van der Waals surface area (Å²) in [4.78, 5) is 16.4. The molecule has 0 bridgehead atoms. The molecule has 5 nitrogen and oxygen atoms in total. The second-order valence-corrected chi connectivity index (χ2v) is 6.14. The Balaban J connectivity index is 0.00000200. The van der Waals surface area contributed by atoms with E-state index in [9.17, 15) is 4.79 Å². The van der Waals surface area contributed by atoms with Crippen molar-refractivity contribution in [2.45, 2.75) is 19.8 Å². The first-order chi connectivity index (χ1) is 9.13. The number of hydrogen-bond acceptors (Lipinski definition) is 4. The number of rotatable bonds is 5. The van der Waals surface area contributed by atoms with Crippen LogP contribution in [-0.4, -0.2) is 75.2 Å². The van der Waals surface area contributed by atoms with Crippen molar-refractivity contribution in [1.82, 2.24) is 15.1 Å². The molecule has 0 aromatic heterocycles. The van der Waals surface area contributed by atoms with Crippen LogP contribution >= 0.6 is 12.4 Å². The van der Waals surface area contributed by atoms with E-state index in [1.807, 2.05) is 4.90 Å². The number of ether oxygens (including phenoxy) is 1. The van der Waals surface area contributed by atoms with Crippen molar-refractivity contribution in [1.29, 1.82) is 0 Å². The predicted octanol–water partition coefficient (Wildman–Crippen LogP) is 0.589. The number of nitrogens with one attached hydrogen (secondary N) is 1. The van der Waals surface area contributed by atoms with Crippen LogP contribution in [0.1, 0.15) is 19.8 Å². The van der Waals surface area contributed by atoms with Crippen molar-refractivity contribution in [3.05, 3.63) is 0 Å². The molecule has 0 aromatic rings. The van der Waals surface area contributed by atoms with Crippen molar-refractivity contribution >= 4 is 18.3 Å². The Labute approximate surface area is 128 Å². The Hall–Kier alpha value is -0.360. The smallest absolute Gasteiger partial charge is 0.224 e. The molecular formula is C14H28ClN3O2. The summed E-state index contributed by atoms with van der Waals surface area (Å²) in [6, 6.07) is 0. The van der Waals surface area contributed by atoms with Crippen LogP contribution in [0.2, 0.25) is 0 Å². The van der Waals surface area contributed by atoms with Crippen LogP contribution in [0.3, 0.4) is 0 Å². The molecule has 1 unspecified atom stereocenters. The van der Waals surface area contributed by atoms with Crippen molar-refractivity contribution in [2.75, 3.05) is 59.5 Å². The molecule has 0 saturated carbocycles. The Morgan fingerprint density at radius 3 is 2.55 bits per heavy atom. The molecule has 20 heavy (non-hydrogen) atoms. The molecule has 2 saturated heterocycles. The van der Waals surface area contributed by atoms with E-state index in [2.05, 4.69) is 17.1 Å². The Bertz CT molecular complexity index is 301. The molecule has 0 spiro atoms. The Kier molecular flexibility index (Phi) is 7.23. The van der Waals surface area contributed by atoms with E-state index in [1.165, 1.54) is 6.42 Å². The topological polar surface area (TPSA) is 44.8 Å². The zero-order valence-corrected chi connectivity index (χ0v) is 13.5. The Morgan fingerprint density at radius 1 is 1.30 bits per heavy atom. The van der Waals surface area contributed by atoms with Gasteiger partial charge in [0.2, 0.25) is 5.91 Å². The lowest BCUT2D eigenvalue weighted by Crippen LogP contribution is -2.51. The van der Waals surface area contributed by atoms with Crippen LogP contribution in [0, 0.1) is 5.41 Å². The van der Waals surface area contributed by atoms with E-state index in [0.29, 0.717) is 18.4 Å². The first-order valence-corrected chi connectivity index (χ1v) is 7.33. The molecule has 118 valence electrons. The number of hydrogen-bond donors (Lipinski definition) is 1. The van der Waals surface area contributed by atoms with Crippen molar-refractivity contribution in [3.8, 4) is 0 Å². The third kappa shape index (κ3) is 4.88. The maximum atomic E-state index is 11.9. The molecule has 1 amide bonds. The number of nitrogens with zero attached hydrogens (tertiary/aromatic N) is 2. The highest BCUT2D eigenvalue weighted by Crippen LogP contribution is 2.26. The molecule has 0 radical (unpaired) electrons. The molecule has 2 heterocycles. The average molecular weight is 306 g/mol. The molecule has 2 aliphatic heterocycles. The summed E-state index contributed by atoms with van der Waals surface area (Å²) in [7, 11) is 1.64. The Morgan fingerprint density at radius 2 is 2.00 bits per heavy atom. The van der Waals surface area contributed by atoms with Gasteiger partial charge in [0.05, 0.1) is 13.0 Å². The van der Waals surface area contributed by atoms with Gasteiger partial charge in [-0.1, -0.05) is 6.92 Å². The fourth-order valence-corrected chi connectivity index (χ4v) is 3.05. The largest absolute Gasteiger partial charge is 0.384 e. The minimum atomic E-state index is 0. The van der Waals surface area contributed by atoms with Gasteiger partial charge < -0.3 is 15.0 Å². The van der Waals surface area contributed by atoms with E-state index in [-0.39, 0.29) is 18.3 Å². The van der Waals surface area contributed by atoms with Gasteiger partial charge in [-0.25, -0.2) is 0 Å². The highest BCUT2D eigenvalue weighted by atomic mass is 35.5. The zero-order valence-electron chi connectivity index (χ0n) is 12.7. The molecule has 1 atom stereocenters. The molecular weight excluding hydrogens is 278 g/mol. The monoisotopic (exact) mass is 305 g/mol. The van der Waals surface area contributed by atoms with Crippen molar-refractivity contribution < 1.29 is 9.53 Å². The van der Waals surface area contributed by atoms with Crippen LogP contribution in [0.25, 0.3) is 0 Å². The van der Waals surface area contributed by atoms with Crippen LogP contribution in [0.5, 0.6) is 0 Å². The lowest BCUT2D eigenvalue weighted by atomic mass is 9.89. The first-order valence-electron chi connectivity index (χ1n) is 7.33. The summed E-state index contributed by atoms with van der Waals surface area (Å²) in [6.45, 7) is 10.1. The summed E-state index contributed by atoms with van der Waals surface area (Å²) in [5.41, 5.74) is 0.419. The standard InChI is InChI=1S/C14H27N3O2.ClH/c1-14(4-5-15-11-14)12-16-6-8-17(9-7-16)13(18)3-10-19-2;/h15H,3-12H2,1-2H3;1H. The highest BCUT2D eigenvalue weighted by molar-refractivity contribution is 5.85. The molecule has 2 rings (SSSR count). The van der Waals surface area contributed by atoms with Gasteiger partial charge in [0, 0.05) is 46.4 Å². The van der Waals surface area contributed by atoms with Gasteiger partial charge >= 0.3 is 0 Å². The van der Waals surface area contributed by atoms with Gasteiger partial charge in [-0.2, -0.15) is 0 Å². The predicted molar refractivity (Wildman–Crippen MR) is 82.4 cm³/mol. The van der Waals surface area contributed by atoms with Gasteiger partial charge in [-0.05, 0) is 18.4 Å². The minimum absolute atomic E-state index is 0. The molecule has 2 aliphatic rings. The molecule has 0 aliphatic carbocycles. The normalized spacial score (nSPS) is 27.4. The van der Waals surface area contributed by atoms with Gasteiger partial charge in [-0.15, -0.1) is 12.4 Å². The number of carbonyl (C=O) groups is 1. The summed E-state index contributed by atoms with van der Waals surface area (Å²) in [5.74, 6) is 0.232. The SMILES string of the molecule is COCCC(=O)N1CCN(CC2(C)CCNC2)CC1.Cl. The second-order valence-electron chi connectivity index (χ2n) is 6.14. The van der Waals surface area contributed by atoms with Gasteiger partial charge in [0.15, 0.2) is 0 Å². The number of amides is 1. The summed E-state index contributed by atoms with van der Waals surface area (Å²) in [5, 5.41) is 3.45. The molecule has 0 aromatic carbocycles. The van der Waals surface area contributed by atoms with Crippen LogP contribution in [0.4, 0.5) is 0 Å². The number of methoxy groups -OCH3 is 1. The lowest BCUT2D eigenvalue weighted by molar-refractivity contribution is -0.134. The van der Waals surface area contributed by atoms with Crippen LogP contribution in [-0.2, 0) is 9.53 Å². The number of piperazine rings is 1. The lowest BCUT2D eigenvalue weighted by Gasteiger charge is -2.38. The number of halogens is 1. The number of carbonyl (C=O) groups excluding carboxylic acids is 1. The van der Waals surface area contributed by atoms with E-state index >= 15 is 0 Å². The summed E-state index contributed by atoms with van der Waals surface area (Å²) >= 11 is 0. The van der Waals surface area contributed by atoms with E-state index < -0.39 is 0 Å². The van der Waals surface area contributed by atoms with Crippen molar-refractivity contribution in [3.63, 3.8) is 0 Å². The van der Waals surface area contributed by atoms with E-state index in [4.69, 9.17) is 4.74 Å². The van der Waals surface area contributed by atoms with Crippen molar-refractivity contribution in [2.24, 2.45) is 5.41 Å². The quantitative estimate of drug-likeness (QED) is 0.807. The van der Waals surface area contributed by atoms with E-state index in [1.54, 1.807) is 7.11 Å². The molecule has 2 fully saturated rings. The maximum absolute atomic E-state index is 11.9. The van der Waals surface area contributed by atoms with Gasteiger partial charge in [0.1, 0.15) is 0 Å². The van der Waals surface area contributed by atoms with E-state index in [0.717, 1.165) is 45.8 Å². The third-order valence-electron chi connectivity index (χ3n) is 4.31. The highest BCUT2D eigenvalue weighted by Gasteiger charge is 2.32. The van der Waals surface area contributed by atoms with Crippen LogP contribution in [0.15, 0.2) is 0 Å².